The van der Waals surface area contributed by atoms with Gasteiger partial charge in [-0.3, -0.25) is 9.48 Å². The van der Waals surface area contributed by atoms with Crippen molar-refractivity contribution in [1.29, 1.82) is 0 Å². The van der Waals surface area contributed by atoms with Crippen molar-refractivity contribution in [3.05, 3.63) is 88.5 Å². The Labute approximate surface area is 188 Å². The highest BCUT2D eigenvalue weighted by atomic mass is 19.1. The van der Waals surface area contributed by atoms with Gasteiger partial charge in [0.1, 0.15) is 11.5 Å². The maximum atomic E-state index is 14.1. The minimum Gasteiger partial charge on any atom is -0.354 e. The minimum atomic E-state index is -0.891. The highest BCUT2D eigenvalue weighted by Gasteiger charge is 2.36. The van der Waals surface area contributed by atoms with Crippen LogP contribution in [0.4, 0.5) is 8.78 Å². The zero-order chi connectivity index (χ0) is 23.3. The molecule has 0 fully saturated rings. The molecule has 0 unspecified atom stereocenters. The van der Waals surface area contributed by atoms with Crippen molar-refractivity contribution in [2.45, 2.75) is 25.8 Å². The third-order valence-electron chi connectivity index (χ3n) is 6.35. The molecule has 1 aliphatic rings. The van der Waals surface area contributed by atoms with Crippen LogP contribution >= 0.6 is 0 Å². The Morgan fingerprint density at radius 3 is 2.58 bits per heavy atom. The molecule has 3 aromatic heterocycles. The maximum Gasteiger partial charge on any atom is 0.276 e. The molecule has 0 saturated carbocycles. The fourth-order valence-electron chi connectivity index (χ4n) is 4.44. The molecule has 168 valence electrons. The zero-order valence-electron chi connectivity index (χ0n) is 18.3. The average molecular weight is 449 g/mol. The highest BCUT2D eigenvalue weighted by Crippen LogP contribution is 2.40. The molecular weight excluding hydrogens is 428 g/mol. The number of fused-ring (bicyclic) bond motifs is 1. The molecule has 1 aromatic carbocycles. The van der Waals surface area contributed by atoms with Crippen molar-refractivity contribution in [3.8, 4) is 11.5 Å². The summed E-state index contributed by atoms with van der Waals surface area (Å²) >= 11 is 0. The molecule has 2 atom stereocenters. The number of carbonyl (C=O) groups is 1. The quantitative estimate of drug-likeness (QED) is 0.463. The van der Waals surface area contributed by atoms with E-state index in [-0.39, 0.29) is 35.0 Å². The summed E-state index contributed by atoms with van der Waals surface area (Å²) in [5.74, 6) is -2.14. The average Bonchev–Trinajstić information content (AvgIpc) is 3.41. The summed E-state index contributed by atoms with van der Waals surface area (Å²) < 4.78 is 34.3. The van der Waals surface area contributed by atoms with Gasteiger partial charge < -0.3 is 9.42 Å². The largest absolute Gasteiger partial charge is 0.354 e. The molecule has 4 aromatic rings. The predicted molar refractivity (Wildman–Crippen MR) is 115 cm³/mol. The number of aryl methyl sites for hydroxylation is 1. The molecule has 1 amide bonds. The number of benzene rings is 1. The van der Waals surface area contributed by atoms with Crippen LogP contribution in [0.1, 0.15) is 51.8 Å². The first-order valence-electron chi connectivity index (χ1n) is 10.5. The molecule has 1 aliphatic heterocycles. The molecule has 0 bridgehead atoms. The Hall–Kier alpha value is -3.88. The second-order valence-electron chi connectivity index (χ2n) is 8.18. The number of hydrogen-bond acceptors (Lipinski definition) is 5. The first-order valence-corrected chi connectivity index (χ1v) is 10.5. The molecule has 9 heteroatoms. The van der Waals surface area contributed by atoms with Crippen LogP contribution in [0.25, 0.3) is 11.5 Å². The number of halogens is 2. The number of amides is 1. The Kier molecular flexibility index (Phi) is 5.03. The molecule has 0 spiro atoms. The molecule has 0 saturated heterocycles. The van der Waals surface area contributed by atoms with Crippen LogP contribution in [0.15, 0.2) is 53.3 Å². The van der Waals surface area contributed by atoms with Crippen LogP contribution in [0.5, 0.6) is 0 Å². The van der Waals surface area contributed by atoms with E-state index >= 15 is 0 Å². The van der Waals surface area contributed by atoms with Gasteiger partial charge in [-0.2, -0.15) is 5.10 Å². The highest BCUT2D eigenvalue weighted by molar-refractivity contribution is 5.93. The number of aromatic nitrogens is 4. The molecule has 0 N–H and O–H groups in total. The van der Waals surface area contributed by atoms with Gasteiger partial charge in [-0.05, 0) is 25.0 Å². The summed E-state index contributed by atoms with van der Waals surface area (Å²) in [5, 5.41) is 8.24. The Morgan fingerprint density at radius 2 is 1.88 bits per heavy atom. The second kappa shape index (κ2) is 7.91. The fraction of sp³-hybridized carbons (Fsp3) is 0.250. The molecule has 33 heavy (non-hydrogen) atoms. The van der Waals surface area contributed by atoms with E-state index < -0.39 is 11.6 Å². The smallest absolute Gasteiger partial charge is 0.276 e. The summed E-state index contributed by atoms with van der Waals surface area (Å²) in [7, 11) is 1.89. The van der Waals surface area contributed by atoms with Crippen LogP contribution in [0.2, 0.25) is 0 Å². The zero-order valence-corrected chi connectivity index (χ0v) is 18.3. The first-order chi connectivity index (χ1) is 15.8. The monoisotopic (exact) mass is 449 g/mol. The van der Waals surface area contributed by atoms with Gasteiger partial charge in [0.25, 0.3) is 5.91 Å². The summed E-state index contributed by atoms with van der Waals surface area (Å²) in [5.41, 5.74) is 4.10. The maximum absolute atomic E-state index is 14.1. The summed E-state index contributed by atoms with van der Waals surface area (Å²) in [6, 6.07) is 9.89. The molecule has 4 heterocycles. The van der Waals surface area contributed by atoms with E-state index in [0.29, 0.717) is 12.6 Å². The number of rotatable bonds is 3. The lowest BCUT2D eigenvalue weighted by molar-refractivity contribution is 0.0654. The molecular formula is C24H21F2N5O2. The standard InChI is InChI=1S/C24H21F2N5O2/c1-13-18(11-28-30(13)3)19-12-31(14(2)16-6-4-5-7-17(16)19)24(32)21-9-22(33-29-21)23-20(26)8-15(25)10-27-23/h4-11,14,19H,12H2,1-3H3/t14-,19-/m0/s1. The molecule has 0 aliphatic carbocycles. The van der Waals surface area contributed by atoms with E-state index in [0.717, 1.165) is 28.6 Å². The van der Waals surface area contributed by atoms with Crippen LogP contribution in [0, 0.1) is 18.6 Å². The predicted octanol–water partition coefficient (Wildman–Crippen LogP) is 4.41. The third kappa shape index (κ3) is 3.49. The van der Waals surface area contributed by atoms with Crippen LogP contribution in [0.3, 0.4) is 0 Å². The molecule has 0 radical (unpaired) electrons. The topological polar surface area (TPSA) is 77.1 Å². The summed E-state index contributed by atoms with van der Waals surface area (Å²) in [4.78, 5) is 18.9. The Balaban J connectivity index is 1.51. The van der Waals surface area contributed by atoms with Crippen molar-refractivity contribution in [1.82, 2.24) is 24.8 Å². The van der Waals surface area contributed by atoms with E-state index in [1.165, 1.54) is 6.07 Å². The Morgan fingerprint density at radius 1 is 1.12 bits per heavy atom. The van der Waals surface area contributed by atoms with Gasteiger partial charge >= 0.3 is 0 Å². The van der Waals surface area contributed by atoms with Crippen molar-refractivity contribution in [3.63, 3.8) is 0 Å². The van der Waals surface area contributed by atoms with Crippen LogP contribution < -0.4 is 0 Å². The van der Waals surface area contributed by atoms with Crippen LogP contribution in [-0.4, -0.2) is 37.3 Å². The van der Waals surface area contributed by atoms with Crippen molar-refractivity contribution < 1.29 is 18.1 Å². The van der Waals surface area contributed by atoms with Crippen molar-refractivity contribution in [2.24, 2.45) is 7.05 Å². The van der Waals surface area contributed by atoms with Gasteiger partial charge in [0.05, 0.1) is 18.4 Å². The lowest BCUT2D eigenvalue weighted by Gasteiger charge is -2.39. The van der Waals surface area contributed by atoms with Crippen LogP contribution in [-0.2, 0) is 7.05 Å². The SMILES string of the molecule is Cc1c([C@H]2CN(C(=O)c3cc(-c4ncc(F)cc4F)on3)[C@@H](C)c3ccccc32)cnn1C. The normalized spacial score (nSPS) is 17.8. The van der Waals surface area contributed by atoms with E-state index in [1.54, 1.807) is 4.90 Å². The van der Waals surface area contributed by atoms with E-state index in [9.17, 15) is 13.6 Å². The third-order valence-corrected chi connectivity index (χ3v) is 6.35. The number of carbonyl (C=O) groups excluding carboxylic acids is 1. The number of nitrogens with zero attached hydrogens (tertiary/aromatic N) is 5. The number of pyridine rings is 1. The molecule has 7 nitrogen and oxygen atoms in total. The van der Waals surface area contributed by atoms with Gasteiger partial charge in [0.15, 0.2) is 17.3 Å². The summed E-state index contributed by atoms with van der Waals surface area (Å²) in [6.45, 7) is 4.39. The van der Waals surface area contributed by atoms with E-state index in [4.69, 9.17) is 4.52 Å². The van der Waals surface area contributed by atoms with Gasteiger partial charge in [0.2, 0.25) is 0 Å². The minimum absolute atomic E-state index is 0.0309. The fourth-order valence-corrected chi connectivity index (χ4v) is 4.44. The van der Waals surface area contributed by atoms with Gasteiger partial charge in [-0.15, -0.1) is 0 Å². The Bertz CT molecular complexity index is 1360. The van der Waals surface area contributed by atoms with Gasteiger partial charge in [-0.1, -0.05) is 29.4 Å². The lowest BCUT2D eigenvalue weighted by Crippen LogP contribution is -2.41. The van der Waals surface area contributed by atoms with Crippen molar-refractivity contribution >= 4 is 5.91 Å². The number of hydrogen-bond donors (Lipinski definition) is 0. The summed E-state index contributed by atoms with van der Waals surface area (Å²) in [6.07, 6.45) is 2.72. The van der Waals surface area contributed by atoms with E-state index in [2.05, 4.69) is 21.3 Å². The van der Waals surface area contributed by atoms with Gasteiger partial charge in [0, 0.05) is 42.9 Å². The lowest BCUT2D eigenvalue weighted by atomic mass is 9.81. The van der Waals surface area contributed by atoms with E-state index in [1.807, 2.05) is 50.0 Å². The van der Waals surface area contributed by atoms with Crippen molar-refractivity contribution in [2.75, 3.05) is 6.54 Å². The van der Waals surface area contributed by atoms with Gasteiger partial charge in [-0.25, -0.2) is 13.8 Å². The second-order valence-corrected chi connectivity index (χ2v) is 8.18. The first kappa shape index (κ1) is 21.0. The molecule has 5 rings (SSSR count).